The largest absolute Gasteiger partial charge is 0.382 e. The molecule has 1 aliphatic rings. The molecule has 1 saturated carbocycles. The van der Waals surface area contributed by atoms with Crippen molar-refractivity contribution >= 4 is 11.6 Å². The molecule has 1 aromatic carbocycles. The molecule has 92 valence electrons. The number of hydrogen-bond acceptors (Lipinski definition) is 2. The molecule has 0 saturated heterocycles. The summed E-state index contributed by atoms with van der Waals surface area (Å²) in [7, 11) is 3.55. The quantitative estimate of drug-likeness (QED) is 0.865. The van der Waals surface area contributed by atoms with Gasteiger partial charge in [-0.25, -0.2) is 0 Å². The Hall–Kier alpha value is -1.51. The fourth-order valence-corrected chi connectivity index (χ4v) is 1.98. The van der Waals surface area contributed by atoms with Crippen LogP contribution in [0.1, 0.15) is 30.1 Å². The van der Waals surface area contributed by atoms with Gasteiger partial charge in [0.25, 0.3) is 5.91 Å². The summed E-state index contributed by atoms with van der Waals surface area (Å²) in [5.41, 5.74) is 1.78. The van der Waals surface area contributed by atoms with Gasteiger partial charge in [0.2, 0.25) is 0 Å². The third kappa shape index (κ3) is 2.99. The molecule has 17 heavy (non-hydrogen) atoms. The molecule has 0 aromatic heterocycles. The van der Waals surface area contributed by atoms with Crippen LogP contribution >= 0.6 is 0 Å². The highest BCUT2D eigenvalue weighted by atomic mass is 16.2. The summed E-state index contributed by atoms with van der Waals surface area (Å²) in [6.45, 7) is 2.21. The van der Waals surface area contributed by atoms with E-state index in [-0.39, 0.29) is 5.91 Å². The first-order valence-corrected chi connectivity index (χ1v) is 6.16. The number of anilines is 1. The molecule has 1 atom stereocenters. The van der Waals surface area contributed by atoms with E-state index >= 15 is 0 Å². The number of nitrogens with zero attached hydrogens (tertiary/aromatic N) is 1. The van der Waals surface area contributed by atoms with Crippen LogP contribution in [0, 0.1) is 5.92 Å². The third-order valence-corrected chi connectivity index (χ3v) is 3.24. The Morgan fingerprint density at radius 2 is 2.12 bits per heavy atom. The molecule has 0 heterocycles. The number of rotatable bonds is 4. The van der Waals surface area contributed by atoms with E-state index in [0.29, 0.717) is 6.04 Å². The molecule has 3 heteroatoms. The van der Waals surface area contributed by atoms with Gasteiger partial charge < -0.3 is 10.2 Å². The summed E-state index contributed by atoms with van der Waals surface area (Å²) in [6, 6.07) is 8.24. The minimum absolute atomic E-state index is 0.0488. The maximum atomic E-state index is 11.8. The number of benzene rings is 1. The fourth-order valence-electron chi connectivity index (χ4n) is 1.98. The average Bonchev–Trinajstić information content (AvgIpc) is 3.12. The lowest BCUT2D eigenvalue weighted by molar-refractivity contribution is 0.0827. The normalized spacial score (nSPS) is 16.4. The second-order valence-corrected chi connectivity index (χ2v) is 5.05. The first-order chi connectivity index (χ1) is 8.08. The van der Waals surface area contributed by atoms with Gasteiger partial charge >= 0.3 is 0 Å². The van der Waals surface area contributed by atoms with E-state index in [1.165, 1.54) is 12.8 Å². The van der Waals surface area contributed by atoms with Crippen LogP contribution in [0.5, 0.6) is 0 Å². The molecule has 1 fully saturated rings. The molecule has 0 bridgehead atoms. The van der Waals surface area contributed by atoms with Gasteiger partial charge in [0.1, 0.15) is 0 Å². The monoisotopic (exact) mass is 232 g/mol. The van der Waals surface area contributed by atoms with Gasteiger partial charge in [0, 0.05) is 31.4 Å². The lowest BCUT2D eigenvalue weighted by Gasteiger charge is -2.16. The smallest absolute Gasteiger partial charge is 0.253 e. The van der Waals surface area contributed by atoms with Gasteiger partial charge in [-0.3, -0.25) is 4.79 Å². The summed E-state index contributed by atoms with van der Waals surface area (Å²) in [4.78, 5) is 13.4. The molecule has 2 rings (SSSR count). The molecule has 1 N–H and O–H groups in total. The van der Waals surface area contributed by atoms with E-state index in [9.17, 15) is 4.79 Å². The van der Waals surface area contributed by atoms with E-state index in [1.54, 1.807) is 19.0 Å². The van der Waals surface area contributed by atoms with Crippen LogP contribution in [0.2, 0.25) is 0 Å². The van der Waals surface area contributed by atoms with Crippen LogP contribution in [0.15, 0.2) is 24.3 Å². The highest BCUT2D eigenvalue weighted by molar-refractivity contribution is 5.94. The second kappa shape index (κ2) is 4.78. The van der Waals surface area contributed by atoms with Crippen molar-refractivity contribution in [2.75, 3.05) is 19.4 Å². The Labute approximate surface area is 103 Å². The predicted octanol–water partition coefficient (Wildman–Crippen LogP) is 2.60. The van der Waals surface area contributed by atoms with Gasteiger partial charge in [-0.05, 0) is 43.9 Å². The van der Waals surface area contributed by atoms with E-state index in [2.05, 4.69) is 12.2 Å². The Kier molecular flexibility index (Phi) is 3.36. The number of carbonyl (C=O) groups excluding carboxylic acids is 1. The van der Waals surface area contributed by atoms with Crippen LogP contribution in [0.25, 0.3) is 0 Å². The van der Waals surface area contributed by atoms with E-state index in [4.69, 9.17) is 0 Å². The molecule has 1 unspecified atom stereocenters. The second-order valence-electron chi connectivity index (χ2n) is 5.05. The number of amides is 1. The maximum absolute atomic E-state index is 11.8. The van der Waals surface area contributed by atoms with Crippen molar-refractivity contribution < 1.29 is 4.79 Å². The molecular weight excluding hydrogens is 212 g/mol. The van der Waals surface area contributed by atoms with Crippen LogP contribution < -0.4 is 5.32 Å². The van der Waals surface area contributed by atoms with Crippen LogP contribution in [-0.2, 0) is 0 Å². The summed E-state index contributed by atoms with van der Waals surface area (Å²) in [5, 5.41) is 3.47. The standard InChI is InChI=1S/C14H20N2O/c1-10(11-7-8-11)15-13-6-4-5-12(9-13)14(17)16(2)3/h4-6,9-11,15H,7-8H2,1-3H3. The SMILES string of the molecule is CC(Nc1cccc(C(=O)N(C)C)c1)C1CC1. The van der Waals surface area contributed by atoms with Crippen molar-refractivity contribution in [3.05, 3.63) is 29.8 Å². The summed E-state index contributed by atoms with van der Waals surface area (Å²) in [6.07, 6.45) is 2.65. The summed E-state index contributed by atoms with van der Waals surface area (Å²) < 4.78 is 0. The Balaban J connectivity index is 2.07. The minimum atomic E-state index is 0.0488. The Morgan fingerprint density at radius 1 is 1.41 bits per heavy atom. The van der Waals surface area contributed by atoms with Crippen molar-refractivity contribution in [1.29, 1.82) is 0 Å². The lowest BCUT2D eigenvalue weighted by Crippen LogP contribution is -2.22. The fraction of sp³-hybridized carbons (Fsp3) is 0.500. The molecule has 0 aliphatic heterocycles. The lowest BCUT2D eigenvalue weighted by atomic mass is 10.1. The minimum Gasteiger partial charge on any atom is -0.382 e. The Morgan fingerprint density at radius 3 is 2.71 bits per heavy atom. The summed E-state index contributed by atoms with van der Waals surface area (Å²) in [5.74, 6) is 0.857. The zero-order valence-corrected chi connectivity index (χ0v) is 10.7. The van der Waals surface area contributed by atoms with Crippen molar-refractivity contribution in [2.24, 2.45) is 5.92 Å². The highest BCUT2D eigenvalue weighted by Gasteiger charge is 2.27. The van der Waals surface area contributed by atoms with Crippen LogP contribution in [0.4, 0.5) is 5.69 Å². The summed E-state index contributed by atoms with van der Waals surface area (Å²) >= 11 is 0. The number of carbonyl (C=O) groups is 1. The average molecular weight is 232 g/mol. The van der Waals surface area contributed by atoms with Gasteiger partial charge in [0.15, 0.2) is 0 Å². The number of nitrogens with one attached hydrogen (secondary N) is 1. The van der Waals surface area contributed by atoms with Gasteiger partial charge in [-0.2, -0.15) is 0 Å². The molecule has 1 aromatic rings. The third-order valence-electron chi connectivity index (χ3n) is 3.24. The first-order valence-electron chi connectivity index (χ1n) is 6.16. The topological polar surface area (TPSA) is 32.3 Å². The molecule has 1 aliphatic carbocycles. The van der Waals surface area contributed by atoms with Gasteiger partial charge in [0.05, 0.1) is 0 Å². The maximum Gasteiger partial charge on any atom is 0.253 e. The zero-order valence-electron chi connectivity index (χ0n) is 10.7. The highest BCUT2D eigenvalue weighted by Crippen LogP contribution is 2.34. The zero-order chi connectivity index (χ0) is 12.4. The molecular formula is C14H20N2O. The van der Waals surface area contributed by atoms with E-state index in [1.807, 2.05) is 24.3 Å². The van der Waals surface area contributed by atoms with E-state index in [0.717, 1.165) is 17.2 Å². The van der Waals surface area contributed by atoms with Crippen molar-refractivity contribution in [3.63, 3.8) is 0 Å². The van der Waals surface area contributed by atoms with Crippen molar-refractivity contribution in [1.82, 2.24) is 4.90 Å². The molecule has 3 nitrogen and oxygen atoms in total. The van der Waals surface area contributed by atoms with Gasteiger partial charge in [-0.15, -0.1) is 0 Å². The first kappa shape index (κ1) is 12.0. The molecule has 0 spiro atoms. The predicted molar refractivity (Wildman–Crippen MR) is 70.3 cm³/mol. The van der Waals surface area contributed by atoms with Crippen molar-refractivity contribution in [2.45, 2.75) is 25.8 Å². The van der Waals surface area contributed by atoms with E-state index < -0.39 is 0 Å². The van der Waals surface area contributed by atoms with Crippen LogP contribution in [-0.4, -0.2) is 30.9 Å². The Bertz CT molecular complexity index is 410. The number of hydrogen-bond donors (Lipinski definition) is 1. The van der Waals surface area contributed by atoms with Crippen molar-refractivity contribution in [3.8, 4) is 0 Å². The molecule has 1 amide bonds. The van der Waals surface area contributed by atoms with Gasteiger partial charge in [-0.1, -0.05) is 6.07 Å². The molecule has 0 radical (unpaired) electrons. The van der Waals surface area contributed by atoms with Crippen LogP contribution in [0.3, 0.4) is 0 Å².